The second-order valence-electron chi connectivity index (χ2n) is 6.87. The van der Waals surface area contributed by atoms with E-state index < -0.39 is 0 Å². The monoisotopic (exact) mass is 390 g/mol. The predicted molar refractivity (Wildman–Crippen MR) is 116 cm³/mol. The Bertz CT molecular complexity index is 966. The number of aliphatic hydroxyl groups is 1. The molecule has 0 radical (unpaired) electrons. The van der Waals surface area contributed by atoms with E-state index in [9.17, 15) is 0 Å². The smallest absolute Gasteiger partial charge is 0.104 e. The van der Waals surface area contributed by atoms with Crippen molar-refractivity contribution in [2.45, 2.75) is 6.54 Å². The predicted octanol–water partition coefficient (Wildman–Crippen LogP) is 1.81. The fraction of sp³-hybridized carbons (Fsp3) is 0.261. The lowest BCUT2D eigenvalue weighted by Gasteiger charge is -2.26. The van der Waals surface area contributed by atoms with Crippen LogP contribution in [-0.2, 0) is 11.3 Å². The van der Waals surface area contributed by atoms with Crippen molar-refractivity contribution in [3.05, 3.63) is 70.4 Å². The number of anilines is 1. The molecular weight excluding hydrogens is 364 g/mol. The summed E-state index contributed by atoms with van der Waals surface area (Å²) in [7, 11) is 0. The van der Waals surface area contributed by atoms with Gasteiger partial charge in [0.25, 0.3) is 0 Å². The van der Waals surface area contributed by atoms with Gasteiger partial charge in [-0.2, -0.15) is 0 Å². The molecule has 2 aromatic carbocycles. The van der Waals surface area contributed by atoms with Crippen LogP contribution in [0.3, 0.4) is 0 Å². The van der Waals surface area contributed by atoms with Gasteiger partial charge < -0.3 is 21.3 Å². The van der Waals surface area contributed by atoms with Crippen LogP contribution in [0.4, 0.5) is 5.69 Å². The third kappa shape index (κ3) is 5.69. The molecule has 6 nitrogen and oxygen atoms in total. The number of benzene rings is 2. The van der Waals surface area contributed by atoms with Crippen LogP contribution in [0.15, 0.2) is 48.2 Å². The zero-order valence-electron chi connectivity index (χ0n) is 16.3. The maximum Gasteiger partial charge on any atom is 0.104 e. The van der Waals surface area contributed by atoms with Crippen LogP contribution >= 0.6 is 0 Å². The SMILES string of the molecule is N=C(/C(N)=C/c1cccc(CN2CCOCC2)c1)c1ccc(C#CCO)cc1N. The number of morpholine rings is 1. The van der Waals surface area contributed by atoms with Crippen molar-refractivity contribution in [1.82, 2.24) is 4.90 Å². The largest absolute Gasteiger partial charge is 0.398 e. The summed E-state index contributed by atoms with van der Waals surface area (Å²) in [6, 6.07) is 13.3. The van der Waals surface area contributed by atoms with E-state index in [0.29, 0.717) is 22.5 Å². The van der Waals surface area contributed by atoms with Crippen LogP contribution in [0.5, 0.6) is 0 Å². The van der Waals surface area contributed by atoms with Crippen LogP contribution in [0.1, 0.15) is 22.3 Å². The van der Waals surface area contributed by atoms with Gasteiger partial charge in [0.05, 0.1) is 24.6 Å². The lowest BCUT2D eigenvalue weighted by molar-refractivity contribution is 0.0342. The second-order valence-corrected chi connectivity index (χ2v) is 6.87. The summed E-state index contributed by atoms with van der Waals surface area (Å²) >= 11 is 0. The average molecular weight is 390 g/mol. The number of allylic oxidation sites excluding steroid dienone is 1. The summed E-state index contributed by atoms with van der Waals surface area (Å²) in [4.78, 5) is 2.36. The van der Waals surface area contributed by atoms with Crippen molar-refractivity contribution < 1.29 is 9.84 Å². The Kier molecular flexibility index (Phi) is 7.04. The van der Waals surface area contributed by atoms with Crippen LogP contribution in [0.25, 0.3) is 6.08 Å². The Morgan fingerprint density at radius 1 is 1.21 bits per heavy atom. The van der Waals surface area contributed by atoms with Gasteiger partial charge >= 0.3 is 0 Å². The Labute approximate surface area is 171 Å². The Morgan fingerprint density at radius 3 is 2.72 bits per heavy atom. The van der Waals surface area contributed by atoms with E-state index >= 15 is 0 Å². The molecule has 0 bridgehead atoms. The minimum Gasteiger partial charge on any atom is -0.398 e. The summed E-state index contributed by atoms with van der Waals surface area (Å²) in [6.07, 6.45) is 1.80. The fourth-order valence-corrected chi connectivity index (χ4v) is 3.22. The van der Waals surface area contributed by atoms with Gasteiger partial charge in [0.15, 0.2) is 0 Å². The molecule has 3 rings (SSSR count). The molecule has 29 heavy (non-hydrogen) atoms. The number of ether oxygens (including phenoxy) is 1. The molecule has 2 aromatic rings. The first-order valence-corrected chi connectivity index (χ1v) is 9.51. The highest BCUT2D eigenvalue weighted by Gasteiger charge is 2.12. The average Bonchev–Trinajstić information content (AvgIpc) is 2.73. The number of aliphatic hydroxyl groups excluding tert-OH is 1. The van der Waals surface area contributed by atoms with Crippen molar-refractivity contribution in [3.63, 3.8) is 0 Å². The van der Waals surface area contributed by atoms with Gasteiger partial charge in [-0.15, -0.1) is 0 Å². The van der Waals surface area contributed by atoms with E-state index in [1.807, 2.05) is 12.1 Å². The molecule has 1 heterocycles. The number of hydrogen-bond donors (Lipinski definition) is 4. The highest BCUT2D eigenvalue weighted by Crippen LogP contribution is 2.18. The van der Waals surface area contributed by atoms with Gasteiger partial charge in [0.1, 0.15) is 6.61 Å². The topological polar surface area (TPSA) is 109 Å². The van der Waals surface area contributed by atoms with E-state index in [1.54, 1.807) is 24.3 Å². The number of nitrogens with two attached hydrogens (primary N) is 2. The normalized spacial score (nSPS) is 14.9. The van der Waals surface area contributed by atoms with Crippen LogP contribution < -0.4 is 11.5 Å². The van der Waals surface area contributed by atoms with Crippen LogP contribution in [-0.4, -0.2) is 48.6 Å². The summed E-state index contributed by atoms with van der Waals surface area (Å²) < 4.78 is 5.40. The molecule has 0 saturated carbocycles. The Morgan fingerprint density at radius 2 is 2.00 bits per heavy atom. The molecule has 150 valence electrons. The standard InChI is InChI=1S/C23H26N4O2/c24-21-14-17(5-2-10-28)6-7-20(21)23(26)22(25)15-18-3-1-4-19(13-18)16-27-8-11-29-12-9-27/h1,3-4,6-7,13-15,26,28H,8-12,16,24-25H2/b22-15-,26-23?. The number of nitrogen functional groups attached to an aromatic ring is 1. The lowest BCUT2D eigenvalue weighted by Crippen LogP contribution is -2.35. The lowest BCUT2D eigenvalue weighted by atomic mass is 10.0. The Hall–Kier alpha value is -3.11. The van der Waals surface area contributed by atoms with E-state index in [2.05, 4.69) is 28.9 Å². The summed E-state index contributed by atoms with van der Waals surface area (Å²) in [5, 5.41) is 17.2. The van der Waals surface area contributed by atoms with E-state index in [1.165, 1.54) is 5.56 Å². The first kappa shape index (κ1) is 20.6. The number of nitrogens with zero attached hydrogens (tertiary/aromatic N) is 1. The summed E-state index contributed by atoms with van der Waals surface area (Å²) in [6.45, 7) is 4.07. The second kappa shape index (κ2) is 9.89. The molecule has 0 unspecified atom stereocenters. The van der Waals surface area contributed by atoms with Crippen molar-refractivity contribution in [1.29, 1.82) is 5.41 Å². The van der Waals surface area contributed by atoms with Gasteiger partial charge in [-0.1, -0.05) is 36.1 Å². The highest BCUT2D eigenvalue weighted by atomic mass is 16.5. The summed E-state index contributed by atoms with van der Waals surface area (Å²) in [5.41, 5.74) is 16.6. The van der Waals surface area contributed by atoms with Crippen LogP contribution in [0.2, 0.25) is 0 Å². The molecule has 0 spiro atoms. The Balaban J connectivity index is 1.74. The summed E-state index contributed by atoms with van der Waals surface area (Å²) in [5.74, 6) is 5.38. The zero-order valence-corrected chi connectivity index (χ0v) is 16.3. The molecule has 0 aromatic heterocycles. The third-order valence-electron chi connectivity index (χ3n) is 4.70. The molecule has 6 N–H and O–H groups in total. The van der Waals surface area contributed by atoms with Crippen LogP contribution in [0, 0.1) is 17.3 Å². The molecule has 0 amide bonds. The van der Waals surface area contributed by atoms with Crippen molar-refractivity contribution in [3.8, 4) is 11.8 Å². The molecular formula is C23H26N4O2. The van der Waals surface area contributed by atoms with Gasteiger partial charge in [-0.05, 0) is 35.4 Å². The molecule has 1 aliphatic heterocycles. The quantitative estimate of drug-likeness (QED) is 0.354. The van der Waals surface area contributed by atoms with Gasteiger partial charge in [0, 0.05) is 36.4 Å². The fourth-order valence-electron chi connectivity index (χ4n) is 3.22. The van der Waals surface area contributed by atoms with E-state index in [-0.39, 0.29) is 12.3 Å². The van der Waals surface area contributed by atoms with E-state index in [0.717, 1.165) is 38.4 Å². The molecule has 6 heteroatoms. The van der Waals surface area contributed by atoms with Gasteiger partial charge in [-0.25, -0.2) is 0 Å². The minimum absolute atomic E-state index is 0.169. The number of nitrogens with one attached hydrogen (secondary N) is 1. The first-order valence-electron chi connectivity index (χ1n) is 9.51. The number of hydrogen-bond acceptors (Lipinski definition) is 6. The van der Waals surface area contributed by atoms with E-state index in [4.69, 9.17) is 26.7 Å². The molecule has 1 saturated heterocycles. The van der Waals surface area contributed by atoms with Crippen molar-refractivity contribution >= 4 is 17.5 Å². The molecule has 1 aliphatic rings. The highest BCUT2D eigenvalue weighted by molar-refractivity contribution is 6.15. The van der Waals surface area contributed by atoms with Gasteiger partial charge in [0.2, 0.25) is 0 Å². The maximum atomic E-state index is 8.79. The molecule has 0 aliphatic carbocycles. The molecule has 0 atom stereocenters. The number of rotatable bonds is 5. The molecule has 1 fully saturated rings. The van der Waals surface area contributed by atoms with Crippen molar-refractivity contribution in [2.75, 3.05) is 38.6 Å². The first-order chi connectivity index (χ1) is 14.1. The maximum absolute atomic E-state index is 8.79. The zero-order chi connectivity index (χ0) is 20.6. The minimum atomic E-state index is -0.211. The van der Waals surface area contributed by atoms with Crippen molar-refractivity contribution in [2.24, 2.45) is 5.73 Å². The third-order valence-corrected chi connectivity index (χ3v) is 4.70. The van der Waals surface area contributed by atoms with Gasteiger partial charge in [-0.3, -0.25) is 10.3 Å².